The zero-order valence-electron chi connectivity index (χ0n) is 18.4. The minimum Gasteiger partial charge on any atom is -0.375 e. The van der Waals surface area contributed by atoms with E-state index in [-0.39, 0.29) is 30.5 Å². The molecular weight excluding hydrogens is 408 g/mol. The van der Waals surface area contributed by atoms with Crippen LogP contribution in [0, 0.1) is 0 Å². The van der Waals surface area contributed by atoms with Crippen molar-refractivity contribution < 1.29 is 19.1 Å². The molecule has 2 aliphatic heterocycles. The van der Waals surface area contributed by atoms with E-state index in [1.165, 1.54) is 7.11 Å². The second-order valence-electron chi connectivity index (χ2n) is 8.10. The molecule has 2 N–H and O–H groups in total. The first-order chi connectivity index (χ1) is 15.5. The van der Waals surface area contributed by atoms with E-state index in [0.29, 0.717) is 25.1 Å². The van der Waals surface area contributed by atoms with Crippen LogP contribution in [0.2, 0.25) is 0 Å². The maximum Gasteiger partial charge on any atom is 0.319 e. The van der Waals surface area contributed by atoms with Crippen molar-refractivity contribution in [2.24, 2.45) is 0 Å². The molecule has 0 radical (unpaired) electrons. The topological polar surface area (TPSA) is 91.0 Å². The molecule has 32 heavy (non-hydrogen) atoms. The van der Waals surface area contributed by atoms with Gasteiger partial charge < -0.3 is 25.2 Å². The van der Waals surface area contributed by atoms with E-state index in [9.17, 15) is 14.4 Å². The summed E-state index contributed by atoms with van der Waals surface area (Å²) in [6, 6.07) is 12.7. The number of benzene rings is 2. The van der Waals surface area contributed by atoms with Crippen molar-refractivity contribution in [3.8, 4) is 0 Å². The Morgan fingerprint density at radius 3 is 2.69 bits per heavy atom. The lowest BCUT2D eigenvalue weighted by Crippen LogP contribution is -2.32. The first kappa shape index (κ1) is 21.8. The molecule has 2 aromatic carbocycles. The maximum absolute atomic E-state index is 12.7. The molecule has 2 heterocycles. The molecule has 2 aromatic rings. The van der Waals surface area contributed by atoms with E-state index < -0.39 is 0 Å². The largest absolute Gasteiger partial charge is 0.375 e. The highest BCUT2D eigenvalue weighted by Crippen LogP contribution is 2.34. The number of carbonyl (C=O) groups excluding carboxylic acids is 3. The fourth-order valence-electron chi connectivity index (χ4n) is 4.33. The SMILES string of the molecule is COCC(=O)N1CCc2c(NC(=O)NC(C)c3cccc(N4CCCC4=O)c3)cccc21. The zero-order valence-corrected chi connectivity index (χ0v) is 18.4. The third-order valence-corrected chi connectivity index (χ3v) is 5.95. The average molecular weight is 437 g/mol. The Labute approximate surface area is 187 Å². The molecule has 0 bridgehead atoms. The van der Waals surface area contributed by atoms with Crippen LogP contribution in [0.5, 0.6) is 0 Å². The van der Waals surface area contributed by atoms with Gasteiger partial charge in [0, 0.05) is 49.2 Å². The number of carbonyl (C=O) groups is 3. The molecule has 1 fully saturated rings. The molecule has 1 saturated heterocycles. The number of ether oxygens (including phenoxy) is 1. The molecule has 8 heteroatoms. The Kier molecular flexibility index (Phi) is 6.41. The minimum absolute atomic E-state index is 0.0250. The summed E-state index contributed by atoms with van der Waals surface area (Å²) in [5.41, 5.74) is 4.22. The molecule has 8 nitrogen and oxygen atoms in total. The molecule has 168 valence electrons. The Balaban J connectivity index is 1.43. The molecule has 1 unspecified atom stereocenters. The number of hydrogen-bond donors (Lipinski definition) is 2. The van der Waals surface area contributed by atoms with Crippen molar-refractivity contribution in [3.63, 3.8) is 0 Å². The first-order valence-electron chi connectivity index (χ1n) is 10.9. The number of urea groups is 1. The maximum atomic E-state index is 12.7. The van der Waals surface area contributed by atoms with E-state index in [1.807, 2.05) is 49.4 Å². The van der Waals surface area contributed by atoms with Gasteiger partial charge in [-0.15, -0.1) is 0 Å². The third kappa shape index (κ3) is 4.45. The number of nitrogens with one attached hydrogen (secondary N) is 2. The van der Waals surface area contributed by atoms with Gasteiger partial charge in [0.1, 0.15) is 6.61 Å². The van der Waals surface area contributed by atoms with Crippen LogP contribution in [-0.4, -0.2) is 44.7 Å². The van der Waals surface area contributed by atoms with Gasteiger partial charge in [-0.2, -0.15) is 0 Å². The van der Waals surface area contributed by atoms with Crippen LogP contribution in [-0.2, 0) is 20.7 Å². The van der Waals surface area contributed by atoms with Crippen molar-refractivity contribution in [2.45, 2.75) is 32.2 Å². The standard InChI is InChI=1S/C24H28N4O4/c1-16(17-6-3-7-18(14-17)27-12-5-10-22(27)29)25-24(31)26-20-8-4-9-21-19(20)11-13-28(21)23(30)15-32-2/h3-4,6-9,14,16H,5,10-13,15H2,1-2H3,(H2,25,26,31). The highest BCUT2D eigenvalue weighted by molar-refractivity contribution is 5.99. The van der Waals surface area contributed by atoms with Crippen molar-refractivity contribution in [3.05, 3.63) is 53.6 Å². The Bertz CT molecular complexity index is 1040. The number of methoxy groups -OCH3 is 1. The second-order valence-corrected chi connectivity index (χ2v) is 8.10. The monoisotopic (exact) mass is 436 g/mol. The van der Waals surface area contributed by atoms with Crippen LogP contribution in [0.4, 0.5) is 21.9 Å². The Hall–Kier alpha value is -3.39. The zero-order chi connectivity index (χ0) is 22.7. The van der Waals surface area contributed by atoms with Gasteiger partial charge in [0.15, 0.2) is 0 Å². The van der Waals surface area contributed by atoms with E-state index in [1.54, 1.807) is 9.80 Å². The lowest BCUT2D eigenvalue weighted by molar-refractivity contribution is -0.122. The lowest BCUT2D eigenvalue weighted by Gasteiger charge is -2.20. The van der Waals surface area contributed by atoms with E-state index >= 15 is 0 Å². The van der Waals surface area contributed by atoms with Crippen LogP contribution in [0.15, 0.2) is 42.5 Å². The van der Waals surface area contributed by atoms with Crippen molar-refractivity contribution in [2.75, 3.05) is 41.9 Å². The molecule has 4 rings (SSSR count). The van der Waals surface area contributed by atoms with Crippen molar-refractivity contribution >= 4 is 34.9 Å². The number of hydrogen-bond acceptors (Lipinski definition) is 4. The Morgan fingerprint density at radius 1 is 1.12 bits per heavy atom. The first-order valence-corrected chi connectivity index (χ1v) is 10.9. The third-order valence-electron chi connectivity index (χ3n) is 5.95. The summed E-state index contributed by atoms with van der Waals surface area (Å²) in [6.07, 6.45) is 2.12. The normalized spacial score (nSPS) is 16.1. The summed E-state index contributed by atoms with van der Waals surface area (Å²) < 4.78 is 4.97. The fraction of sp³-hybridized carbons (Fsp3) is 0.375. The second kappa shape index (κ2) is 9.40. The van der Waals surface area contributed by atoms with Gasteiger partial charge >= 0.3 is 6.03 Å². The van der Waals surface area contributed by atoms with E-state index in [0.717, 1.165) is 35.5 Å². The lowest BCUT2D eigenvalue weighted by atomic mass is 10.1. The molecule has 0 spiro atoms. The molecule has 0 aliphatic carbocycles. The highest BCUT2D eigenvalue weighted by Gasteiger charge is 2.27. The Morgan fingerprint density at radius 2 is 1.94 bits per heavy atom. The van der Waals surface area contributed by atoms with Gasteiger partial charge in [0.25, 0.3) is 5.91 Å². The van der Waals surface area contributed by atoms with Gasteiger partial charge in [-0.05, 0) is 49.6 Å². The fourth-order valence-corrected chi connectivity index (χ4v) is 4.33. The quantitative estimate of drug-likeness (QED) is 0.727. The van der Waals surface area contributed by atoms with Gasteiger partial charge in [-0.3, -0.25) is 9.59 Å². The number of rotatable bonds is 6. The van der Waals surface area contributed by atoms with Gasteiger partial charge in [0.2, 0.25) is 5.91 Å². The summed E-state index contributed by atoms with van der Waals surface area (Å²) in [4.78, 5) is 40.5. The molecule has 0 aromatic heterocycles. The van der Waals surface area contributed by atoms with Gasteiger partial charge in [0.05, 0.1) is 6.04 Å². The number of nitrogens with zero attached hydrogens (tertiary/aromatic N) is 2. The number of fused-ring (bicyclic) bond motifs is 1. The van der Waals surface area contributed by atoms with Crippen molar-refractivity contribution in [1.29, 1.82) is 0 Å². The van der Waals surface area contributed by atoms with E-state index in [4.69, 9.17) is 4.74 Å². The highest BCUT2D eigenvalue weighted by atomic mass is 16.5. The number of amides is 4. The van der Waals surface area contributed by atoms with Gasteiger partial charge in [-0.25, -0.2) is 4.79 Å². The van der Waals surface area contributed by atoms with Crippen LogP contribution in [0.3, 0.4) is 0 Å². The summed E-state index contributed by atoms with van der Waals surface area (Å²) in [5.74, 6) is 0.0364. The average Bonchev–Trinajstić information content (AvgIpc) is 3.41. The summed E-state index contributed by atoms with van der Waals surface area (Å²) in [7, 11) is 1.50. The minimum atomic E-state index is -0.324. The predicted octanol–water partition coefficient (Wildman–Crippen LogP) is 3.23. The van der Waals surface area contributed by atoms with Crippen LogP contribution in [0.1, 0.15) is 36.9 Å². The molecule has 4 amide bonds. The molecular formula is C24H28N4O4. The summed E-state index contributed by atoms with van der Waals surface area (Å²) >= 11 is 0. The van der Waals surface area contributed by atoms with Gasteiger partial charge in [-0.1, -0.05) is 18.2 Å². The molecule has 2 aliphatic rings. The number of anilines is 3. The molecule has 1 atom stereocenters. The molecule has 0 saturated carbocycles. The smallest absolute Gasteiger partial charge is 0.319 e. The van der Waals surface area contributed by atoms with E-state index in [2.05, 4.69) is 10.6 Å². The van der Waals surface area contributed by atoms with Crippen molar-refractivity contribution in [1.82, 2.24) is 5.32 Å². The summed E-state index contributed by atoms with van der Waals surface area (Å²) in [6.45, 7) is 3.23. The van der Waals surface area contributed by atoms with Crippen LogP contribution in [0.25, 0.3) is 0 Å². The van der Waals surface area contributed by atoms with Crippen LogP contribution >= 0.6 is 0 Å². The summed E-state index contributed by atoms with van der Waals surface area (Å²) in [5, 5.41) is 5.89. The predicted molar refractivity (Wildman–Crippen MR) is 123 cm³/mol. The van der Waals surface area contributed by atoms with Crippen LogP contribution < -0.4 is 20.4 Å².